The first kappa shape index (κ1) is 15.7. The van der Waals surface area contributed by atoms with Crippen molar-refractivity contribution in [2.45, 2.75) is 71.8 Å². The van der Waals surface area contributed by atoms with Gasteiger partial charge in [0.15, 0.2) is 0 Å². The Morgan fingerprint density at radius 2 is 1.83 bits per heavy atom. The first-order valence-electron chi connectivity index (χ1n) is 9.58. The molecule has 0 aromatic rings. The number of rotatable bonds is 0. The Bertz CT molecular complexity index is 558. The van der Waals surface area contributed by atoms with Crippen molar-refractivity contribution in [1.82, 2.24) is 4.90 Å². The summed E-state index contributed by atoms with van der Waals surface area (Å²) in [6.07, 6.45) is 7.15. The highest BCUT2D eigenvalue weighted by Gasteiger charge is 2.62. The number of hydrogen-bond acceptors (Lipinski definition) is 2. The average Bonchev–Trinajstić information content (AvgIpc) is 2.73. The van der Waals surface area contributed by atoms with E-state index in [1.54, 1.807) is 0 Å². The molecule has 0 bridgehead atoms. The average molecular weight is 317 g/mol. The van der Waals surface area contributed by atoms with Crippen LogP contribution in [0.1, 0.15) is 65.7 Å². The molecule has 4 aliphatic rings. The molecule has 3 saturated carbocycles. The smallest absolute Gasteiger partial charge is 0.222 e. The molecule has 0 aromatic carbocycles. The maximum Gasteiger partial charge on any atom is 0.222 e. The molecule has 0 spiro atoms. The maximum absolute atomic E-state index is 12.6. The van der Waals surface area contributed by atoms with Gasteiger partial charge >= 0.3 is 0 Å². The summed E-state index contributed by atoms with van der Waals surface area (Å²) in [7, 11) is 2.01. The molecular formula is C20H31NO2. The molecule has 0 unspecified atom stereocenters. The molecule has 1 amide bonds. The van der Waals surface area contributed by atoms with Gasteiger partial charge in [0.1, 0.15) is 5.78 Å². The third-order valence-electron chi connectivity index (χ3n) is 8.57. The van der Waals surface area contributed by atoms with Crippen LogP contribution in [0.4, 0.5) is 0 Å². The van der Waals surface area contributed by atoms with Gasteiger partial charge in [-0.05, 0) is 61.2 Å². The molecule has 4 fully saturated rings. The summed E-state index contributed by atoms with van der Waals surface area (Å²) in [5, 5.41) is 0. The van der Waals surface area contributed by atoms with Gasteiger partial charge < -0.3 is 4.90 Å². The van der Waals surface area contributed by atoms with E-state index >= 15 is 0 Å². The molecule has 7 atom stereocenters. The molecule has 3 aliphatic carbocycles. The highest BCUT2D eigenvalue weighted by molar-refractivity contribution is 5.87. The number of carbonyl (C=O) groups is 2. The van der Waals surface area contributed by atoms with E-state index in [1.807, 2.05) is 7.05 Å². The van der Waals surface area contributed by atoms with E-state index in [-0.39, 0.29) is 10.8 Å². The second-order valence-electron chi connectivity index (χ2n) is 9.46. The summed E-state index contributed by atoms with van der Waals surface area (Å²) in [6.45, 7) is 7.01. The number of nitrogens with zero attached hydrogens (tertiary/aromatic N) is 1. The predicted molar refractivity (Wildman–Crippen MR) is 89.7 cm³/mol. The predicted octanol–water partition coefficient (Wildman–Crippen LogP) is 3.66. The van der Waals surface area contributed by atoms with Crippen LogP contribution in [0.15, 0.2) is 0 Å². The van der Waals surface area contributed by atoms with Gasteiger partial charge in [-0.15, -0.1) is 0 Å². The maximum atomic E-state index is 12.6. The van der Waals surface area contributed by atoms with Gasteiger partial charge in [0.2, 0.25) is 5.91 Å². The Hall–Kier alpha value is -0.860. The summed E-state index contributed by atoms with van der Waals surface area (Å²) in [4.78, 5) is 26.8. The van der Waals surface area contributed by atoms with E-state index in [4.69, 9.17) is 0 Å². The summed E-state index contributed by atoms with van der Waals surface area (Å²) in [6, 6.07) is 0.418. The van der Waals surface area contributed by atoms with Crippen molar-refractivity contribution in [3.8, 4) is 0 Å². The van der Waals surface area contributed by atoms with Gasteiger partial charge in [-0.3, -0.25) is 9.59 Å². The minimum absolute atomic E-state index is 0.0554. The third-order valence-corrected chi connectivity index (χ3v) is 8.57. The van der Waals surface area contributed by atoms with Gasteiger partial charge in [0.25, 0.3) is 0 Å². The Balaban J connectivity index is 1.69. The largest absolute Gasteiger partial charge is 0.342 e. The summed E-state index contributed by atoms with van der Waals surface area (Å²) < 4.78 is 0. The van der Waals surface area contributed by atoms with Crippen LogP contribution in [-0.4, -0.2) is 29.7 Å². The quantitative estimate of drug-likeness (QED) is 0.683. The van der Waals surface area contributed by atoms with Crippen molar-refractivity contribution in [1.29, 1.82) is 0 Å². The molecule has 0 radical (unpaired) electrons. The number of ketones is 1. The van der Waals surface area contributed by atoms with Gasteiger partial charge in [-0.2, -0.15) is 0 Å². The van der Waals surface area contributed by atoms with Crippen molar-refractivity contribution in [3.05, 3.63) is 0 Å². The van der Waals surface area contributed by atoms with Gasteiger partial charge in [-0.1, -0.05) is 20.8 Å². The second-order valence-corrected chi connectivity index (χ2v) is 9.46. The van der Waals surface area contributed by atoms with Crippen LogP contribution < -0.4 is 0 Å². The molecule has 1 heterocycles. The van der Waals surface area contributed by atoms with Crippen molar-refractivity contribution in [2.24, 2.45) is 34.5 Å². The van der Waals surface area contributed by atoms with Gasteiger partial charge in [-0.25, -0.2) is 0 Å². The van der Waals surface area contributed by atoms with Crippen LogP contribution in [0, 0.1) is 34.5 Å². The number of carbonyl (C=O) groups excluding carboxylic acids is 2. The molecule has 128 valence electrons. The van der Waals surface area contributed by atoms with E-state index in [1.165, 1.54) is 12.8 Å². The Kier molecular flexibility index (Phi) is 3.29. The topological polar surface area (TPSA) is 37.4 Å². The normalized spacial score (nSPS) is 52.9. The SMILES string of the molecule is C[C@@H]1CC(=O)[C@@]2(C)CC[C@H]3[C@@H](CC[C@H]4N(C)C(=O)CC[C@]34C)[C@H]12. The summed E-state index contributed by atoms with van der Waals surface area (Å²) >= 11 is 0. The first-order chi connectivity index (χ1) is 10.8. The number of Topliss-reactive ketones (excluding diaryl/α,β-unsaturated/α-hetero) is 1. The lowest BCUT2D eigenvalue weighted by Gasteiger charge is -2.61. The molecule has 0 aromatic heterocycles. The van der Waals surface area contributed by atoms with Crippen LogP contribution in [0.5, 0.6) is 0 Å². The number of likely N-dealkylation sites (tertiary alicyclic amines) is 1. The summed E-state index contributed by atoms with van der Waals surface area (Å²) in [5.74, 6) is 3.37. The Morgan fingerprint density at radius 3 is 2.57 bits per heavy atom. The van der Waals surface area contributed by atoms with Gasteiger partial charge in [0.05, 0.1) is 0 Å². The molecule has 3 nitrogen and oxygen atoms in total. The lowest BCUT2D eigenvalue weighted by atomic mass is 9.47. The monoisotopic (exact) mass is 317 g/mol. The summed E-state index contributed by atoms with van der Waals surface area (Å²) in [5.41, 5.74) is 0.207. The van der Waals surface area contributed by atoms with Crippen molar-refractivity contribution >= 4 is 11.7 Å². The zero-order valence-electron chi connectivity index (χ0n) is 15.1. The van der Waals surface area contributed by atoms with Crippen LogP contribution in [-0.2, 0) is 9.59 Å². The van der Waals surface area contributed by atoms with Crippen LogP contribution in [0.25, 0.3) is 0 Å². The zero-order valence-corrected chi connectivity index (χ0v) is 15.1. The van der Waals surface area contributed by atoms with Crippen LogP contribution in [0.3, 0.4) is 0 Å². The molecule has 1 saturated heterocycles. The fourth-order valence-corrected chi connectivity index (χ4v) is 7.43. The number of amides is 1. The van der Waals surface area contributed by atoms with Crippen molar-refractivity contribution in [2.75, 3.05) is 7.05 Å². The fourth-order valence-electron chi connectivity index (χ4n) is 7.43. The van der Waals surface area contributed by atoms with E-state index in [0.717, 1.165) is 25.7 Å². The fraction of sp³-hybridized carbons (Fsp3) is 0.900. The standard InChI is InChI=1S/C20H31NO2/c1-12-11-16(22)20(3)9-7-14-13(18(12)20)5-6-15-19(14,2)10-8-17(23)21(15)4/h12-15,18H,5-11H2,1-4H3/t12-,13-,14+,15-,18+,19-,20-/m1/s1. The number of fused-ring (bicyclic) bond motifs is 5. The molecule has 23 heavy (non-hydrogen) atoms. The first-order valence-corrected chi connectivity index (χ1v) is 9.58. The molecule has 0 N–H and O–H groups in total. The van der Waals surface area contributed by atoms with Gasteiger partial charge in [0, 0.05) is 31.3 Å². The van der Waals surface area contributed by atoms with Crippen molar-refractivity contribution < 1.29 is 9.59 Å². The van der Waals surface area contributed by atoms with Crippen molar-refractivity contribution in [3.63, 3.8) is 0 Å². The third kappa shape index (κ3) is 1.88. The number of piperidine rings is 1. The van der Waals surface area contributed by atoms with E-state index in [2.05, 4.69) is 25.7 Å². The van der Waals surface area contributed by atoms with E-state index in [0.29, 0.717) is 47.8 Å². The zero-order chi connectivity index (χ0) is 16.6. The van der Waals surface area contributed by atoms with E-state index in [9.17, 15) is 9.59 Å². The second kappa shape index (κ2) is 4.83. The minimum Gasteiger partial charge on any atom is -0.342 e. The lowest BCUT2D eigenvalue weighted by molar-refractivity contribution is -0.160. The molecular weight excluding hydrogens is 286 g/mol. The van der Waals surface area contributed by atoms with Crippen LogP contribution in [0.2, 0.25) is 0 Å². The highest BCUT2D eigenvalue weighted by Crippen LogP contribution is 2.64. The highest BCUT2D eigenvalue weighted by atomic mass is 16.2. The Morgan fingerprint density at radius 1 is 1.09 bits per heavy atom. The van der Waals surface area contributed by atoms with Crippen LogP contribution >= 0.6 is 0 Å². The van der Waals surface area contributed by atoms with E-state index < -0.39 is 0 Å². The lowest BCUT2D eigenvalue weighted by Crippen LogP contribution is -2.61. The molecule has 1 aliphatic heterocycles. The molecule has 4 rings (SSSR count). The Labute approximate surface area is 140 Å². The number of hydrogen-bond donors (Lipinski definition) is 0. The minimum atomic E-state index is -0.0554. The molecule has 3 heteroatoms.